The van der Waals surface area contributed by atoms with E-state index in [0.717, 1.165) is 17.7 Å². The molecule has 0 aromatic heterocycles. The summed E-state index contributed by atoms with van der Waals surface area (Å²) in [5.41, 5.74) is 1.01. The van der Waals surface area contributed by atoms with Crippen LogP contribution in [0.3, 0.4) is 0 Å². The van der Waals surface area contributed by atoms with Gasteiger partial charge in [0.05, 0.1) is 14.2 Å². The fourth-order valence-corrected chi connectivity index (χ4v) is 3.21. The summed E-state index contributed by atoms with van der Waals surface area (Å²) in [5, 5.41) is 3.19. The van der Waals surface area contributed by atoms with Crippen molar-refractivity contribution < 1.29 is 14.3 Å². The molecule has 1 aromatic carbocycles. The number of nitrogens with one attached hydrogen (secondary N) is 1. The van der Waals surface area contributed by atoms with E-state index >= 15 is 0 Å². The average molecular weight is 305 g/mol. The van der Waals surface area contributed by atoms with Crippen LogP contribution in [0.1, 0.15) is 44.6 Å². The van der Waals surface area contributed by atoms with E-state index in [4.69, 9.17) is 9.47 Å². The zero-order valence-corrected chi connectivity index (χ0v) is 13.9. The molecule has 0 radical (unpaired) electrons. The van der Waals surface area contributed by atoms with E-state index in [9.17, 15) is 4.79 Å². The number of rotatable bonds is 6. The molecule has 2 rings (SSSR count). The molecule has 1 fully saturated rings. The van der Waals surface area contributed by atoms with E-state index in [1.807, 2.05) is 18.2 Å². The Kier molecular flexibility index (Phi) is 6.10. The van der Waals surface area contributed by atoms with Crippen molar-refractivity contribution in [3.63, 3.8) is 0 Å². The third-order valence-corrected chi connectivity index (χ3v) is 4.56. The van der Waals surface area contributed by atoms with Gasteiger partial charge in [0.2, 0.25) is 5.91 Å². The van der Waals surface area contributed by atoms with Crippen molar-refractivity contribution in [1.82, 2.24) is 5.32 Å². The van der Waals surface area contributed by atoms with E-state index in [0.29, 0.717) is 30.6 Å². The van der Waals surface area contributed by atoms with Gasteiger partial charge < -0.3 is 14.8 Å². The van der Waals surface area contributed by atoms with E-state index in [-0.39, 0.29) is 5.91 Å². The lowest BCUT2D eigenvalue weighted by Gasteiger charge is -2.29. The predicted molar refractivity (Wildman–Crippen MR) is 87.4 cm³/mol. The van der Waals surface area contributed by atoms with Crippen LogP contribution in [-0.4, -0.2) is 26.2 Å². The van der Waals surface area contributed by atoms with Gasteiger partial charge in [-0.2, -0.15) is 0 Å². The minimum atomic E-state index is 0.128. The van der Waals surface area contributed by atoms with Crippen molar-refractivity contribution in [3.8, 4) is 11.5 Å². The number of carbonyl (C=O) groups excluding carboxylic acids is 1. The Morgan fingerprint density at radius 1 is 1.23 bits per heavy atom. The number of aryl methyl sites for hydroxylation is 1. The van der Waals surface area contributed by atoms with Crippen LogP contribution in [0.4, 0.5) is 0 Å². The minimum Gasteiger partial charge on any atom is -0.493 e. The lowest BCUT2D eigenvalue weighted by Crippen LogP contribution is -2.41. The third-order valence-electron chi connectivity index (χ3n) is 4.56. The van der Waals surface area contributed by atoms with Crippen molar-refractivity contribution in [2.75, 3.05) is 14.2 Å². The highest BCUT2D eigenvalue weighted by Gasteiger charge is 2.22. The van der Waals surface area contributed by atoms with Crippen LogP contribution in [0, 0.1) is 5.92 Å². The van der Waals surface area contributed by atoms with Crippen molar-refractivity contribution in [2.24, 2.45) is 5.92 Å². The highest BCUT2D eigenvalue weighted by atomic mass is 16.5. The number of carbonyl (C=O) groups is 1. The second kappa shape index (κ2) is 8.06. The van der Waals surface area contributed by atoms with Gasteiger partial charge in [-0.1, -0.05) is 31.9 Å². The van der Waals surface area contributed by atoms with Crippen LogP contribution < -0.4 is 14.8 Å². The number of hydrogen-bond donors (Lipinski definition) is 1. The lowest BCUT2D eigenvalue weighted by molar-refractivity contribution is -0.122. The molecule has 1 aromatic rings. The quantitative estimate of drug-likeness (QED) is 0.877. The van der Waals surface area contributed by atoms with Gasteiger partial charge >= 0.3 is 0 Å². The van der Waals surface area contributed by atoms with E-state index in [1.54, 1.807) is 14.2 Å². The van der Waals surface area contributed by atoms with Crippen molar-refractivity contribution in [2.45, 2.75) is 51.5 Å². The topological polar surface area (TPSA) is 47.6 Å². The first-order chi connectivity index (χ1) is 10.7. The molecule has 4 nitrogen and oxygen atoms in total. The summed E-state index contributed by atoms with van der Waals surface area (Å²) in [5.74, 6) is 2.15. The van der Waals surface area contributed by atoms with Crippen molar-refractivity contribution in [3.05, 3.63) is 23.8 Å². The smallest absolute Gasteiger partial charge is 0.220 e. The maximum Gasteiger partial charge on any atom is 0.220 e. The summed E-state index contributed by atoms with van der Waals surface area (Å²) in [6.45, 7) is 2.23. The first-order valence-electron chi connectivity index (χ1n) is 8.15. The number of hydrogen-bond acceptors (Lipinski definition) is 3. The lowest BCUT2D eigenvalue weighted by atomic mass is 9.86. The van der Waals surface area contributed by atoms with Crippen LogP contribution in [-0.2, 0) is 11.2 Å². The monoisotopic (exact) mass is 305 g/mol. The van der Waals surface area contributed by atoms with Gasteiger partial charge in [0, 0.05) is 12.5 Å². The SMILES string of the molecule is COc1cccc(CCC(=O)N[C@H]2CCCC[C@@H]2C)c1OC. The fourth-order valence-electron chi connectivity index (χ4n) is 3.21. The summed E-state index contributed by atoms with van der Waals surface area (Å²) in [6.07, 6.45) is 5.97. The van der Waals surface area contributed by atoms with Crippen LogP contribution in [0.2, 0.25) is 0 Å². The molecule has 0 aliphatic heterocycles. The second-order valence-electron chi connectivity index (χ2n) is 6.09. The Bertz CT molecular complexity index is 501. The van der Waals surface area contributed by atoms with E-state index in [1.165, 1.54) is 19.3 Å². The maximum absolute atomic E-state index is 12.2. The highest BCUT2D eigenvalue weighted by molar-refractivity contribution is 5.76. The molecule has 0 spiro atoms. The molecule has 1 aliphatic rings. The van der Waals surface area contributed by atoms with Gasteiger partial charge in [-0.3, -0.25) is 4.79 Å². The molecule has 1 N–H and O–H groups in total. The predicted octanol–water partition coefficient (Wildman–Crippen LogP) is 3.33. The normalized spacial score (nSPS) is 21.2. The van der Waals surface area contributed by atoms with Gasteiger partial charge in [-0.05, 0) is 36.8 Å². The summed E-state index contributed by atoms with van der Waals surface area (Å²) in [6, 6.07) is 6.12. The molecule has 4 heteroatoms. The van der Waals surface area contributed by atoms with Gasteiger partial charge in [0.1, 0.15) is 0 Å². The number of ether oxygens (including phenoxy) is 2. The minimum absolute atomic E-state index is 0.128. The number of methoxy groups -OCH3 is 2. The van der Waals surface area contributed by atoms with Crippen LogP contribution >= 0.6 is 0 Å². The molecule has 1 saturated carbocycles. The Balaban J connectivity index is 1.91. The summed E-state index contributed by atoms with van der Waals surface area (Å²) in [7, 11) is 3.25. The largest absolute Gasteiger partial charge is 0.493 e. The van der Waals surface area contributed by atoms with E-state index < -0.39 is 0 Å². The molecule has 0 saturated heterocycles. The Labute approximate surface area is 133 Å². The molecular weight excluding hydrogens is 278 g/mol. The Morgan fingerprint density at radius 2 is 2.00 bits per heavy atom. The molecule has 2 atom stereocenters. The molecule has 1 aliphatic carbocycles. The fraction of sp³-hybridized carbons (Fsp3) is 0.611. The summed E-state index contributed by atoms with van der Waals surface area (Å²) in [4.78, 5) is 12.2. The van der Waals surface area contributed by atoms with Gasteiger partial charge in [0.15, 0.2) is 11.5 Å². The van der Waals surface area contributed by atoms with Crippen LogP contribution in [0.25, 0.3) is 0 Å². The molecule has 122 valence electrons. The number of amides is 1. The second-order valence-corrected chi connectivity index (χ2v) is 6.09. The zero-order chi connectivity index (χ0) is 15.9. The molecule has 0 unspecified atom stereocenters. The van der Waals surface area contributed by atoms with Crippen LogP contribution in [0.15, 0.2) is 18.2 Å². The molecule has 22 heavy (non-hydrogen) atoms. The molecular formula is C18H27NO3. The van der Waals surface area contributed by atoms with Gasteiger partial charge in [-0.25, -0.2) is 0 Å². The van der Waals surface area contributed by atoms with Crippen molar-refractivity contribution >= 4 is 5.91 Å². The number of para-hydroxylation sites is 1. The highest BCUT2D eigenvalue weighted by Crippen LogP contribution is 2.31. The zero-order valence-electron chi connectivity index (χ0n) is 13.9. The first kappa shape index (κ1) is 16.7. The molecule has 0 heterocycles. The molecule has 0 bridgehead atoms. The Morgan fingerprint density at radius 3 is 2.68 bits per heavy atom. The standard InChI is InChI=1S/C18H27NO3/c1-13-7-4-5-9-15(13)19-17(20)12-11-14-8-6-10-16(21-2)18(14)22-3/h6,8,10,13,15H,4-5,7,9,11-12H2,1-3H3,(H,19,20)/t13-,15-/m0/s1. The Hall–Kier alpha value is -1.71. The number of benzene rings is 1. The van der Waals surface area contributed by atoms with Crippen LogP contribution in [0.5, 0.6) is 11.5 Å². The summed E-state index contributed by atoms with van der Waals surface area (Å²) < 4.78 is 10.7. The first-order valence-corrected chi connectivity index (χ1v) is 8.15. The van der Waals surface area contributed by atoms with E-state index in [2.05, 4.69) is 12.2 Å². The van der Waals surface area contributed by atoms with Gasteiger partial charge in [0.25, 0.3) is 0 Å². The summed E-state index contributed by atoms with van der Waals surface area (Å²) >= 11 is 0. The van der Waals surface area contributed by atoms with Crippen molar-refractivity contribution in [1.29, 1.82) is 0 Å². The maximum atomic E-state index is 12.2. The molecule has 1 amide bonds. The third kappa shape index (κ3) is 4.15. The average Bonchev–Trinajstić information content (AvgIpc) is 2.54. The van der Waals surface area contributed by atoms with Gasteiger partial charge in [-0.15, -0.1) is 0 Å².